The Morgan fingerprint density at radius 2 is 1.85 bits per heavy atom. The van der Waals surface area contributed by atoms with E-state index in [1.807, 2.05) is 0 Å². The number of thiophene rings is 1. The molecule has 0 saturated heterocycles. The van der Waals surface area contributed by atoms with Crippen molar-refractivity contribution in [3.8, 4) is 0 Å². The van der Waals surface area contributed by atoms with Gasteiger partial charge in [-0.05, 0) is 30.5 Å². The number of nitrogens with one attached hydrogen (secondary N) is 1. The number of anilines is 1. The van der Waals surface area contributed by atoms with E-state index in [1.165, 1.54) is 44.2 Å². The van der Waals surface area contributed by atoms with E-state index in [-0.39, 0.29) is 26.8 Å². The van der Waals surface area contributed by atoms with Crippen molar-refractivity contribution >= 4 is 44.0 Å². The Morgan fingerprint density at radius 3 is 2.48 bits per heavy atom. The minimum Gasteiger partial charge on any atom is -0.449 e. The molecule has 0 aliphatic rings. The summed E-state index contributed by atoms with van der Waals surface area (Å²) in [5.41, 5.74) is 5.21. The van der Waals surface area contributed by atoms with Crippen LogP contribution in [-0.2, 0) is 19.4 Å². The van der Waals surface area contributed by atoms with Crippen molar-refractivity contribution in [2.24, 2.45) is 5.73 Å². The fourth-order valence-electron chi connectivity index (χ4n) is 2.15. The van der Waals surface area contributed by atoms with E-state index in [4.69, 9.17) is 10.5 Å². The van der Waals surface area contributed by atoms with Gasteiger partial charge in [-0.1, -0.05) is 19.1 Å². The van der Waals surface area contributed by atoms with Crippen molar-refractivity contribution in [3.05, 3.63) is 46.8 Å². The van der Waals surface area contributed by atoms with Crippen molar-refractivity contribution in [3.63, 3.8) is 0 Å². The Balaban J connectivity index is 2.15. The number of primary amides is 1. The maximum absolute atomic E-state index is 12.4. The van der Waals surface area contributed by atoms with E-state index in [9.17, 15) is 22.8 Å². The molecular weight excluding hydrogens is 392 g/mol. The second kappa shape index (κ2) is 8.31. The zero-order chi connectivity index (χ0) is 20.2. The maximum Gasteiger partial charge on any atom is 0.340 e. The fourth-order valence-corrected chi connectivity index (χ4v) is 4.03. The van der Waals surface area contributed by atoms with E-state index >= 15 is 0 Å². The summed E-state index contributed by atoms with van der Waals surface area (Å²) in [5, 5.41) is 4.29. The molecular formula is C17H18N2O6S2. The average Bonchev–Trinajstić information content (AvgIpc) is 3.10. The molecule has 0 spiro atoms. The van der Waals surface area contributed by atoms with Gasteiger partial charge in [0.05, 0.1) is 21.8 Å². The number of carbonyl (C=O) groups excluding carboxylic acids is 3. The molecule has 3 N–H and O–H groups in total. The second-order valence-corrected chi connectivity index (χ2v) is 8.63. The summed E-state index contributed by atoms with van der Waals surface area (Å²) in [6.07, 6.45) is -1.22. The van der Waals surface area contributed by atoms with Crippen molar-refractivity contribution in [1.29, 1.82) is 0 Å². The molecule has 1 heterocycles. The number of amides is 2. The first-order chi connectivity index (χ1) is 12.7. The van der Waals surface area contributed by atoms with Crippen LogP contribution in [0.1, 0.15) is 34.6 Å². The van der Waals surface area contributed by atoms with Gasteiger partial charge < -0.3 is 15.8 Å². The lowest BCUT2D eigenvalue weighted by molar-refractivity contribution is -0.123. The molecule has 2 rings (SSSR count). The van der Waals surface area contributed by atoms with Gasteiger partial charge in [0.2, 0.25) is 0 Å². The van der Waals surface area contributed by atoms with Crippen LogP contribution >= 0.6 is 11.3 Å². The number of carbonyl (C=O) groups is 3. The molecule has 0 fully saturated rings. The third-order valence-corrected chi connectivity index (χ3v) is 6.26. The molecule has 1 atom stereocenters. The van der Waals surface area contributed by atoms with Gasteiger partial charge in [-0.15, -0.1) is 11.3 Å². The minimum atomic E-state index is -3.64. The fraction of sp³-hybridized carbons (Fsp3) is 0.235. The molecule has 2 aromatic rings. The lowest BCUT2D eigenvalue weighted by Gasteiger charge is -2.15. The summed E-state index contributed by atoms with van der Waals surface area (Å²) < 4.78 is 29.4. The molecule has 27 heavy (non-hydrogen) atoms. The van der Waals surface area contributed by atoms with E-state index in [0.717, 1.165) is 11.3 Å². The summed E-state index contributed by atoms with van der Waals surface area (Å²) in [4.78, 5) is 35.8. The minimum absolute atomic E-state index is 0.145. The number of hydrogen-bond acceptors (Lipinski definition) is 7. The molecule has 0 saturated carbocycles. The molecule has 0 radical (unpaired) electrons. The lowest BCUT2D eigenvalue weighted by Crippen LogP contribution is -2.30. The number of sulfone groups is 1. The maximum atomic E-state index is 12.4. The number of ether oxygens (including phenoxy) is 1. The highest BCUT2D eigenvalue weighted by atomic mass is 32.2. The van der Waals surface area contributed by atoms with Crippen molar-refractivity contribution in [2.45, 2.75) is 24.8 Å². The normalized spacial score (nSPS) is 12.2. The second-order valence-electron chi connectivity index (χ2n) is 5.46. The van der Waals surface area contributed by atoms with E-state index in [1.54, 1.807) is 5.38 Å². The first kappa shape index (κ1) is 20.6. The van der Waals surface area contributed by atoms with Crippen molar-refractivity contribution < 1.29 is 27.5 Å². The van der Waals surface area contributed by atoms with Crippen LogP contribution in [0.25, 0.3) is 0 Å². The van der Waals surface area contributed by atoms with E-state index < -0.39 is 33.7 Å². The SMILES string of the molecule is CCS(=O)(=O)c1ccccc1C(=O)O[C@@H](C)C(=O)Nc1sccc1C(N)=O. The summed E-state index contributed by atoms with van der Waals surface area (Å²) in [7, 11) is -3.64. The quantitative estimate of drug-likeness (QED) is 0.669. The number of benzene rings is 1. The first-order valence-corrected chi connectivity index (χ1v) is 10.4. The largest absolute Gasteiger partial charge is 0.449 e. The standard InChI is InChI=1S/C17H18N2O6S2/c1-3-27(23,24)13-7-5-4-6-11(13)17(22)25-10(2)15(21)19-16-12(14(18)20)8-9-26-16/h4-10H,3H2,1-2H3,(H2,18,20)(H,19,21)/t10-/m0/s1. The van der Waals surface area contributed by atoms with E-state index in [0.29, 0.717) is 0 Å². The summed E-state index contributed by atoms with van der Waals surface area (Å²) >= 11 is 1.10. The highest BCUT2D eigenvalue weighted by Crippen LogP contribution is 2.23. The molecule has 8 nitrogen and oxygen atoms in total. The Morgan fingerprint density at radius 1 is 1.19 bits per heavy atom. The Bertz CT molecular complexity index is 981. The Hall–Kier alpha value is -2.72. The predicted molar refractivity (Wildman–Crippen MR) is 101 cm³/mol. The molecule has 0 bridgehead atoms. The first-order valence-electron chi connectivity index (χ1n) is 7.88. The molecule has 1 aromatic heterocycles. The third kappa shape index (κ3) is 4.72. The molecule has 144 valence electrons. The van der Waals surface area contributed by atoms with E-state index in [2.05, 4.69) is 5.32 Å². The smallest absolute Gasteiger partial charge is 0.340 e. The van der Waals surface area contributed by atoms with Crippen molar-refractivity contribution in [1.82, 2.24) is 0 Å². The number of nitrogens with two attached hydrogens (primary N) is 1. The van der Waals surface area contributed by atoms with Gasteiger partial charge in [0.25, 0.3) is 11.8 Å². The van der Waals surface area contributed by atoms with Gasteiger partial charge in [-0.2, -0.15) is 0 Å². The van der Waals surface area contributed by atoms with Gasteiger partial charge >= 0.3 is 5.97 Å². The van der Waals surface area contributed by atoms with Crippen LogP contribution in [0.3, 0.4) is 0 Å². The Kier molecular flexibility index (Phi) is 6.34. The number of hydrogen-bond donors (Lipinski definition) is 2. The summed E-state index contributed by atoms with van der Waals surface area (Å²) in [6.45, 7) is 2.80. The zero-order valence-corrected chi connectivity index (χ0v) is 16.2. The summed E-state index contributed by atoms with van der Waals surface area (Å²) in [5.74, 6) is -2.49. The van der Waals surface area contributed by atoms with Gasteiger partial charge in [-0.25, -0.2) is 13.2 Å². The van der Waals surface area contributed by atoms with Crippen LogP contribution in [0.4, 0.5) is 5.00 Å². The highest BCUT2D eigenvalue weighted by Gasteiger charge is 2.25. The number of esters is 1. The van der Waals surface area contributed by atoms with Crippen LogP contribution in [0.15, 0.2) is 40.6 Å². The monoisotopic (exact) mass is 410 g/mol. The Labute approximate surface area is 160 Å². The highest BCUT2D eigenvalue weighted by molar-refractivity contribution is 7.91. The van der Waals surface area contributed by atoms with Crippen LogP contribution in [0.5, 0.6) is 0 Å². The summed E-state index contributed by atoms with van der Waals surface area (Å²) in [6, 6.07) is 7.09. The predicted octanol–water partition coefficient (Wildman–Crippen LogP) is 1.82. The van der Waals surface area contributed by atoms with Gasteiger partial charge in [0.15, 0.2) is 15.9 Å². The van der Waals surface area contributed by atoms with Crippen LogP contribution in [0, 0.1) is 0 Å². The lowest BCUT2D eigenvalue weighted by atomic mass is 10.2. The van der Waals surface area contributed by atoms with Crippen molar-refractivity contribution in [2.75, 3.05) is 11.1 Å². The molecule has 10 heteroatoms. The van der Waals surface area contributed by atoms with Crippen LogP contribution in [-0.4, -0.2) is 38.1 Å². The number of rotatable bonds is 7. The van der Waals surface area contributed by atoms with Gasteiger partial charge in [0.1, 0.15) is 5.00 Å². The molecule has 0 unspecified atom stereocenters. The third-order valence-electron chi connectivity index (χ3n) is 3.64. The molecule has 0 aliphatic heterocycles. The topological polar surface area (TPSA) is 133 Å². The molecule has 2 amide bonds. The molecule has 1 aromatic carbocycles. The van der Waals surface area contributed by atoms with Gasteiger partial charge in [-0.3, -0.25) is 9.59 Å². The van der Waals surface area contributed by atoms with Crippen LogP contribution < -0.4 is 11.1 Å². The van der Waals surface area contributed by atoms with Gasteiger partial charge in [0, 0.05) is 0 Å². The zero-order valence-electron chi connectivity index (χ0n) is 14.6. The average molecular weight is 410 g/mol. The molecule has 0 aliphatic carbocycles. The van der Waals surface area contributed by atoms with Crippen LogP contribution in [0.2, 0.25) is 0 Å².